The third-order valence-electron chi connectivity index (χ3n) is 2.88. The predicted octanol–water partition coefficient (Wildman–Crippen LogP) is 2.43. The van der Waals surface area contributed by atoms with Crippen molar-refractivity contribution in [3.63, 3.8) is 0 Å². The fraction of sp³-hybridized carbons (Fsp3) is 1.00. The second-order valence-corrected chi connectivity index (χ2v) is 4.54. The SMILES string of the molecule is CC1CCN(CCCS)C(C)C1. The van der Waals surface area contributed by atoms with E-state index in [1.54, 1.807) is 0 Å². The van der Waals surface area contributed by atoms with Gasteiger partial charge in [-0.2, -0.15) is 12.6 Å². The molecule has 1 saturated heterocycles. The Kier molecular flexibility index (Phi) is 4.44. The average Bonchev–Trinajstić information content (AvgIpc) is 2.03. The van der Waals surface area contributed by atoms with Crippen LogP contribution in [-0.4, -0.2) is 29.8 Å². The van der Waals surface area contributed by atoms with Crippen LogP contribution in [-0.2, 0) is 0 Å². The zero-order valence-electron chi connectivity index (χ0n) is 8.29. The number of hydrogen-bond acceptors (Lipinski definition) is 2. The number of hydrogen-bond donors (Lipinski definition) is 1. The molecule has 0 N–H and O–H groups in total. The third-order valence-corrected chi connectivity index (χ3v) is 3.20. The van der Waals surface area contributed by atoms with E-state index in [4.69, 9.17) is 0 Å². The molecule has 12 heavy (non-hydrogen) atoms. The molecule has 1 aliphatic rings. The standard InChI is InChI=1S/C10H21NS/c1-9-4-6-11(5-3-7-12)10(2)8-9/h9-10,12H,3-8H2,1-2H3. The molecule has 1 heterocycles. The van der Waals surface area contributed by atoms with Crippen molar-refractivity contribution in [3.05, 3.63) is 0 Å². The van der Waals surface area contributed by atoms with Crippen LogP contribution in [0.1, 0.15) is 33.1 Å². The van der Waals surface area contributed by atoms with Crippen LogP contribution in [0, 0.1) is 5.92 Å². The van der Waals surface area contributed by atoms with Gasteiger partial charge in [-0.3, -0.25) is 0 Å². The monoisotopic (exact) mass is 187 g/mol. The van der Waals surface area contributed by atoms with Gasteiger partial charge < -0.3 is 4.90 Å². The van der Waals surface area contributed by atoms with Crippen LogP contribution in [0.3, 0.4) is 0 Å². The normalized spacial score (nSPS) is 32.2. The largest absolute Gasteiger partial charge is 0.301 e. The Morgan fingerprint density at radius 3 is 2.75 bits per heavy atom. The molecular formula is C10H21NS. The van der Waals surface area contributed by atoms with Gasteiger partial charge in [0.15, 0.2) is 0 Å². The topological polar surface area (TPSA) is 3.24 Å². The highest BCUT2D eigenvalue weighted by molar-refractivity contribution is 7.80. The summed E-state index contributed by atoms with van der Waals surface area (Å²) in [5.74, 6) is 1.96. The fourth-order valence-electron chi connectivity index (χ4n) is 2.06. The molecule has 72 valence electrons. The van der Waals surface area contributed by atoms with Gasteiger partial charge in [-0.1, -0.05) is 6.92 Å². The summed E-state index contributed by atoms with van der Waals surface area (Å²) in [6.07, 6.45) is 4.01. The second kappa shape index (κ2) is 5.13. The van der Waals surface area contributed by atoms with E-state index in [0.717, 1.165) is 17.7 Å². The van der Waals surface area contributed by atoms with Crippen LogP contribution in [0.15, 0.2) is 0 Å². The number of nitrogens with zero attached hydrogens (tertiary/aromatic N) is 1. The molecule has 1 nitrogen and oxygen atoms in total. The molecule has 0 saturated carbocycles. The van der Waals surface area contributed by atoms with E-state index in [0.29, 0.717) is 0 Å². The van der Waals surface area contributed by atoms with Crippen molar-refractivity contribution in [1.82, 2.24) is 4.90 Å². The molecule has 0 spiro atoms. The maximum atomic E-state index is 4.24. The zero-order valence-corrected chi connectivity index (χ0v) is 9.19. The first-order chi connectivity index (χ1) is 5.74. The lowest BCUT2D eigenvalue weighted by atomic mass is 9.93. The van der Waals surface area contributed by atoms with Gasteiger partial charge in [-0.15, -0.1) is 0 Å². The highest BCUT2D eigenvalue weighted by atomic mass is 32.1. The Morgan fingerprint density at radius 2 is 2.17 bits per heavy atom. The van der Waals surface area contributed by atoms with Gasteiger partial charge in [0.25, 0.3) is 0 Å². The Morgan fingerprint density at radius 1 is 1.42 bits per heavy atom. The van der Waals surface area contributed by atoms with Gasteiger partial charge >= 0.3 is 0 Å². The van der Waals surface area contributed by atoms with Crippen molar-refractivity contribution >= 4 is 12.6 Å². The minimum atomic E-state index is 0.800. The Hall–Kier alpha value is 0.310. The molecule has 2 unspecified atom stereocenters. The van der Waals surface area contributed by atoms with E-state index in [2.05, 4.69) is 31.4 Å². The maximum Gasteiger partial charge on any atom is 0.00694 e. The smallest absolute Gasteiger partial charge is 0.00694 e. The summed E-state index contributed by atoms with van der Waals surface area (Å²) in [6.45, 7) is 7.27. The van der Waals surface area contributed by atoms with Crippen LogP contribution in [0.5, 0.6) is 0 Å². The molecule has 1 rings (SSSR count). The molecule has 0 aromatic carbocycles. The van der Waals surface area contributed by atoms with E-state index in [1.807, 2.05) is 0 Å². The highest BCUT2D eigenvalue weighted by Crippen LogP contribution is 2.21. The Balaban J connectivity index is 2.25. The maximum absolute atomic E-state index is 4.24. The Labute approximate surface area is 81.9 Å². The van der Waals surface area contributed by atoms with E-state index >= 15 is 0 Å². The molecule has 0 radical (unpaired) electrons. The molecule has 0 aliphatic carbocycles. The van der Waals surface area contributed by atoms with E-state index < -0.39 is 0 Å². The zero-order chi connectivity index (χ0) is 8.97. The summed E-state index contributed by atoms with van der Waals surface area (Å²) >= 11 is 4.24. The molecular weight excluding hydrogens is 166 g/mol. The minimum absolute atomic E-state index is 0.800. The summed E-state index contributed by atoms with van der Waals surface area (Å²) < 4.78 is 0. The molecule has 2 atom stereocenters. The quantitative estimate of drug-likeness (QED) is 0.664. The summed E-state index contributed by atoms with van der Waals surface area (Å²) in [7, 11) is 0. The van der Waals surface area contributed by atoms with Gasteiger partial charge in [0.2, 0.25) is 0 Å². The number of piperidine rings is 1. The van der Waals surface area contributed by atoms with Gasteiger partial charge in [0.1, 0.15) is 0 Å². The number of rotatable bonds is 3. The molecule has 0 amide bonds. The molecule has 1 fully saturated rings. The lowest BCUT2D eigenvalue weighted by Gasteiger charge is -2.36. The molecule has 0 bridgehead atoms. The average molecular weight is 187 g/mol. The predicted molar refractivity (Wildman–Crippen MR) is 57.9 cm³/mol. The summed E-state index contributed by atoms with van der Waals surface area (Å²) in [5.41, 5.74) is 0. The molecule has 2 heteroatoms. The van der Waals surface area contributed by atoms with Crippen LogP contribution in [0.4, 0.5) is 0 Å². The van der Waals surface area contributed by atoms with E-state index in [-0.39, 0.29) is 0 Å². The second-order valence-electron chi connectivity index (χ2n) is 4.09. The van der Waals surface area contributed by atoms with Gasteiger partial charge in [0.05, 0.1) is 0 Å². The minimum Gasteiger partial charge on any atom is -0.301 e. The first-order valence-electron chi connectivity index (χ1n) is 5.09. The van der Waals surface area contributed by atoms with E-state index in [1.165, 1.54) is 32.4 Å². The molecule has 0 aromatic heterocycles. The highest BCUT2D eigenvalue weighted by Gasteiger charge is 2.21. The van der Waals surface area contributed by atoms with Crippen LogP contribution in [0.2, 0.25) is 0 Å². The van der Waals surface area contributed by atoms with Crippen LogP contribution >= 0.6 is 12.6 Å². The lowest BCUT2D eigenvalue weighted by molar-refractivity contribution is 0.130. The van der Waals surface area contributed by atoms with Crippen LogP contribution in [0.25, 0.3) is 0 Å². The molecule has 0 aromatic rings. The van der Waals surface area contributed by atoms with Gasteiger partial charge in [-0.25, -0.2) is 0 Å². The van der Waals surface area contributed by atoms with Crippen molar-refractivity contribution in [2.75, 3.05) is 18.8 Å². The van der Waals surface area contributed by atoms with Crippen molar-refractivity contribution in [3.8, 4) is 0 Å². The van der Waals surface area contributed by atoms with Crippen molar-refractivity contribution < 1.29 is 0 Å². The number of thiol groups is 1. The Bertz CT molecular complexity index is 125. The first-order valence-corrected chi connectivity index (χ1v) is 5.72. The van der Waals surface area contributed by atoms with E-state index in [9.17, 15) is 0 Å². The van der Waals surface area contributed by atoms with Crippen molar-refractivity contribution in [2.45, 2.75) is 39.2 Å². The van der Waals surface area contributed by atoms with Crippen molar-refractivity contribution in [1.29, 1.82) is 0 Å². The van der Waals surface area contributed by atoms with Crippen LogP contribution < -0.4 is 0 Å². The summed E-state index contributed by atoms with van der Waals surface area (Å²) in [6, 6.07) is 0.800. The van der Waals surface area contributed by atoms with Crippen molar-refractivity contribution in [2.24, 2.45) is 5.92 Å². The molecule has 1 aliphatic heterocycles. The van der Waals surface area contributed by atoms with Gasteiger partial charge in [0, 0.05) is 6.04 Å². The van der Waals surface area contributed by atoms with Gasteiger partial charge in [-0.05, 0) is 50.9 Å². The first kappa shape index (κ1) is 10.4. The summed E-state index contributed by atoms with van der Waals surface area (Å²) in [4.78, 5) is 2.61. The number of likely N-dealkylation sites (tertiary alicyclic amines) is 1. The fourth-order valence-corrected chi connectivity index (χ4v) is 2.20. The summed E-state index contributed by atoms with van der Waals surface area (Å²) in [5, 5.41) is 0. The third kappa shape index (κ3) is 2.98. The lowest BCUT2D eigenvalue weighted by Crippen LogP contribution is -2.40.